The van der Waals surface area contributed by atoms with Crippen LogP contribution in [0.1, 0.15) is 30.0 Å². The van der Waals surface area contributed by atoms with E-state index in [1.165, 1.54) is 6.07 Å². The van der Waals surface area contributed by atoms with Crippen LogP contribution in [0, 0.1) is 6.92 Å². The van der Waals surface area contributed by atoms with Crippen molar-refractivity contribution in [3.8, 4) is 0 Å². The summed E-state index contributed by atoms with van der Waals surface area (Å²) in [6.45, 7) is 3.18. The predicted molar refractivity (Wildman–Crippen MR) is 74.5 cm³/mol. The lowest BCUT2D eigenvalue weighted by Crippen LogP contribution is -2.27. The average molecular weight is 295 g/mol. The Kier molecular flexibility index (Phi) is 4.27. The lowest BCUT2D eigenvalue weighted by Gasteiger charge is -2.14. The first-order valence-electron chi connectivity index (χ1n) is 6.21. The van der Waals surface area contributed by atoms with E-state index in [0.29, 0.717) is 11.3 Å². The Morgan fingerprint density at radius 1 is 1.25 bits per heavy atom. The largest absolute Gasteiger partial charge is 0.465 e. The number of sulfonamides is 1. The highest BCUT2D eigenvalue weighted by molar-refractivity contribution is 7.89. The van der Waals surface area contributed by atoms with Crippen LogP contribution in [0.25, 0.3) is 0 Å². The van der Waals surface area contributed by atoms with Gasteiger partial charge in [0.25, 0.3) is 0 Å². The molecule has 5 nitrogen and oxygen atoms in total. The molecule has 1 heterocycles. The molecule has 20 heavy (non-hydrogen) atoms. The number of aliphatic hydroxyl groups excluding tert-OH is 1. The second kappa shape index (κ2) is 5.78. The highest BCUT2D eigenvalue weighted by Crippen LogP contribution is 2.21. The highest BCUT2D eigenvalue weighted by Gasteiger charge is 2.22. The third-order valence-corrected chi connectivity index (χ3v) is 4.59. The Hall–Kier alpha value is -1.63. The number of hydrogen-bond acceptors (Lipinski definition) is 4. The molecule has 0 radical (unpaired) electrons. The fourth-order valence-corrected chi connectivity index (χ4v) is 3.38. The van der Waals surface area contributed by atoms with Gasteiger partial charge in [-0.1, -0.05) is 18.2 Å². The molecule has 108 valence electrons. The highest BCUT2D eigenvalue weighted by atomic mass is 32.2. The van der Waals surface area contributed by atoms with Crippen molar-refractivity contribution in [3.63, 3.8) is 0 Å². The molecule has 0 bridgehead atoms. The Morgan fingerprint density at radius 3 is 2.55 bits per heavy atom. The molecule has 1 aromatic heterocycles. The zero-order chi connectivity index (χ0) is 14.8. The lowest BCUT2D eigenvalue weighted by molar-refractivity contribution is 0.278. The zero-order valence-electron chi connectivity index (χ0n) is 11.3. The molecule has 0 aliphatic heterocycles. The maximum absolute atomic E-state index is 12.3. The first-order chi connectivity index (χ1) is 9.44. The van der Waals surface area contributed by atoms with Gasteiger partial charge >= 0.3 is 0 Å². The van der Waals surface area contributed by atoms with E-state index in [0.717, 1.165) is 5.76 Å². The molecule has 0 amide bonds. The van der Waals surface area contributed by atoms with Gasteiger partial charge < -0.3 is 9.52 Å². The minimum absolute atomic E-state index is 0.0811. The van der Waals surface area contributed by atoms with Crippen molar-refractivity contribution in [1.82, 2.24) is 4.72 Å². The van der Waals surface area contributed by atoms with Crippen LogP contribution in [0.15, 0.2) is 45.7 Å². The number of aliphatic hydroxyl groups is 1. The van der Waals surface area contributed by atoms with Gasteiger partial charge in [-0.05, 0) is 37.6 Å². The van der Waals surface area contributed by atoms with Crippen LogP contribution >= 0.6 is 0 Å². The van der Waals surface area contributed by atoms with Gasteiger partial charge in [-0.15, -0.1) is 0 Å². The van der Waals surface area contributed by atoms with Gasteiger partial charge in [-0.25, -0.2) is 13.1 Å². The van der Waals surface area contributed by atoms with Gasteiger partial charge in [-0.3, -0.25) is 0 Å². The quantitative estimate of drug-likeness (QED) is 0.885. The maximum Gasteiger partial charge on any atom is 0.241 e. The third-order valence-electron chi connectivity index (χ3n) is 2.95. The summed E-state index contributed by atoms with van der Waals surface area (Å²) in [6.07, 6.45) is 0. The van der Waals surface area contributed by atoms with Crippen molar-refractivity contribution in [2.75, 3.05) is 0 Å². The number of benzene rings is 1. The van der Waals surface area contributed by atoms with Gasteiger partial charge in [-0.2, -0.15) is 0 Å². The van der Waals surface area contributed by atoms with Gasteiger partial charge in [0.15, 0.2) is 0 Å². The van der Waals surface area contributed by atoms with Crippen LogP contribution in [0.4, 0.5) is 0 Å². The van der Waals surface area contributed by atoms with Crippen LogP contribution in [0.2, 0.25) is 0 Å². The molecule has 1 unspecified atom stereocenters. The van der Waals surface area contributed by atoms with Crippen molar-refractivity contribution in [3.05, 3.63) is 53.5 Å². The van der Waals surface area contributed by atoms with Crippen molar-refractivity contribution in [2.24, 2.45) is 0 Å². The second-order valence-electron chi connectivity index (χ2n) is 4.56. The fourth-order valence-electron chi connectivity index (χ4n) is 1.94. The van der Waals surface area contributed by atoms with Gasteiger partial charge in [0.1, 0.15) is 11.5 Å². The molecule has 6 heteroatoms. The third kappa shape index (κ3) is 3.09. The summed E-state index contributed by atoms with van der Waals surface area (Å²) in [7, 11) is -3.71. The van der Waals surface area contributed by atoms with Crippen molar-refractivity contribution >= 4 is 10.0 Å². The molecule has 1 atom stereocenters. The number of aryl methyl sites for hydroxylation is 1. The SMILES string of the molecule is Cc1ccc(C(C)NS(=O)(=O)c2ccccc2CO)o1. The molecule has 1 aromatic carbocycles. The Bertz CT molecular complexity index is 691. The van der Waals surface area contributed by atoms with Crippen LogP contribution in [0.3, 0.4) is 0 Å². The van der Waals surface area contributed by atoms with Crippen molar-refractivity contribution in [1.29, 1.82) is 0 Å². The Labute approximate surface area is 118 Å². The van der Waals surface area contributed by atoms with Gasteiger partial charge in [0.05, 0.1) is 17.5 Å². The Morgan fingerprint density at radius 2 is 1.95 bits per heavy atom. The van der Waals surface area contributed by atoms with E-state index >= 15 is 0 Å². The predicted octanol–water partition coefficient (Wildman–Crippen LogP) is 2.12. The summed E-state index contributed by atoms with van der Waals surface area (Å²) >= 11 is 0. The summed E-state index contributed by atoms with van der Waals surface area (Å²) < 4.78 is 32.6. The minimum Gasteiger partial charge on any atom is -0.465 e. The number of nitrogens with one attached hydrogen (secondary N) is 1. The second-order valence-corrected chi connectivity index (χ2v) is 6.24. The molecule has 0 fully saturated rings. The summed E-state index contributed by atoms with van der Waals surface area (Å²) in [5, 5.41) is 9.23. The molecule has 0 saturated carbocycles. The van der Waals surface area contributed by atoms with Gasteiger partial charge in [0, 0.05) is 0 Å². The summed E-state index contributed by atoms with van der Waals surface area (Å²) in [5.41, 5.74) is 0.364. The van der Waals surface area contributed by atoms with Gasteiger partial charge in [0.2, 0.25) is 10.0 Å². The monoisotopic (exact) mass is 295 g/mol. The maximum atomic E-state index is 12.3. The van der Waals surface area contributed by atoms with Crippen LogP contribution < -0.4 is 4.72 Å². The van der Waals surface area contributed by atoms with Crippen LogP contribution in [-0.4, -0.2) is 13.5 Å². The van der Waals surface area contributed by atoms with E-state index in [1.807, 2.05) is 0 Å². The number of furan rings is 1. The standard InChI is InChI=1S/C14H17NO4S/c1-10-7-8-13(19-10)11(2)15-20(17,18)14-6-4-3-5-12(14)9-16/h3-8,11,15-16H,9H2,1-2H3. The molecule has 2 aromatic rings. The summed E-state index contributed by atoms with van der Waals surface area (Å²) in [5.74, 6) is 1.27. The molecule has 2 rings (SSSR count). The van der Waals surface area contributed by atoms with E-state index in [1.54, 1.807) is 44.2 Å². The number of rotatable bonds is 5. The molecule has 0 aliphatic rings. The lowest BCUT2D eigenvalue weighted by atomic mass is 10.2. The zero-order valence-corrected chi connectivity index (χ0v) is 12.1. The molecule has 0 saturated heterocycles. The fraction of sp³-hybridized carbons (Fsp3) is 0.286. The molecule has 0 aliphatic carbocycles. The van der Waals surface area contributed by atoms with E-state index in [4.69, 9.17) is 4.42 Å². The summed E-state index contributed by atoms with van der Waals surface area (Å²) in [4.78, 5) is 0.0811. The molecular formula is C14H17NO4S. The van der Waals surface area contributed by atoms with E-state index in [2.05, 4.69) is 4.72 Å². The molecule has 2 N–H and O–H groups in total. The smallest absolute Gasteiger partial charge is 0.241 e. The number of hydrogen-bond donors (Lipinski definition) is 2. The van der Waals surface area contributed by atoms with E-state index in [-0.39, 0.29) is 11.5 Å². The van der Waals surface area contributed by atoms with E-state index < -0.39 is 16.1 Å². The molecule has 0 spiro atoms. The summed E-state index contributed by atoms with van der Waals surface area (Å²) in [6, 6.07) is 9.38. The molecular weight excluding hydrogens is 278 g/mol. The first-order valence-corrected chi connectivity index (χ1v) is 7.70. The topological polar surface area (TPSA) is 79.5 Å². The van der Waals surface area contributed by atoms with Crippen LogP contribution in [-0.2, 0) is 16.6 Å². The van der Waals surface area contributed by atoms with Crippen LogP contribution in [0.5, 0.6) is 0 Å². The normalized spacial score (nSPS) is 13.3. The average Bonchev–Trinajstić information content (AvgIpc) is 2.85. The van der Waals surface area contributed by atoms with Crippen molar-refractivity contribution in [2.45, 2.75) is 31.4 Å². The Balaban J connectivity index is 2.27. The van der Waals surface area contributed by atoms with E-state index in [9.17, 15) is 13.5 Å². The minimum atomic E-state index is -3.71. The van der Waals surface area contributed by atoms with Crippen molar-refractivity contribution < 1.29 is 17.9 Å². The first kappa shape index (κ1) is 14.8.